The molecule has 2 atom stereocenters. The third kappa shape index (κ3) is 2.40. The molecule has 4 heteroatoms. The summed E-state index contributed by atoms with van der Waals surface area (Å²) in [4.78, 5) is 9.23. The van der Waals surface area contributed by atoms with Crippen molar-refractivity contribution in [3.05, 3.63) is 70.7 Å². The van der Waals surface area contributed by atoms with Crippen molar-refractivity contribution in [2.75, 3.05) is 5.73 Å². The second-order valence-corrected chi connectivity index (χ2v) is 6.80. The van der Waals surface area contributed by atoms with Gasteiger partial charge in [-0.25, -0.2) is 4.39 Å². The first kappa shape index (κ1) is 15.8. The number of aromatic nitrogens is 1. The quantitative estimate of drug-likeness (QED) is 0.661. The van der Waals surface area contributed by atoms with Gasteiger partial charge in [-0.2, -0.15) is 0 Å². The molecule has 3 aromatic rings. The van der Waals surface area contributed by atoms with Crippen LogP contribution in [-0.2, 0) is 0 Å². The van der Waals surface area contributed by atoms with Gasteiger partial charge in [0, 0.05) is 34.3 Å². The largest absolute Gasteiger partial charge is 0.398 e. The molecule has 0 fully saturated rings. The van der Waals surface area contributed by atoms with Gasteiger partial charge < -0.3 is 5.73 Å². The highest BCUT2D eigenvalue weighted by molar-refractivity contribution is 6.16. The van der Waals surface area contributed by atoms with E-state index in [4.69, 9.17) is 10.7 Å². The fraction of sp³-hybridized carbons (Fsp3) is 0.238. The number of halogens is 1. The molecule has 2 aromatic carbocycles. The number of aliphatic imine (C=N–C) groups is 1. The summed E-state index contributed by atoms with van der Waals surface area (Å²) in [7, 11) is 0. The van der Waals surface area contributed by atoms with Crippen LogP contribution in [0.15, 0.2) is 47.6 Å². The van der Waals surface area contributed by atoms with E-state index in [9.17, 15) is 4.39 Å². The number of nitrogens with zero attached hydrogens (tertiary/aromatic N) is 2. The molecule has 0 saturated carbocycles. The van der Waals surface area contributed by atoms with Crippen LogP contribution in [0.2, 0.25) is 0 Å². The first-order valence-electron chi connectivity index (χ1n) is 8.49. The van der Waals surface area contributed by atoms with Gasteiger partial charge in [0.25, 0.3) is 0 Å². The molecule has 4 rings (SSSR count). The number of rotatable bonds is 1. The summed E-state index contributed by atoms with van der Waals surface area (Å²) in [5.41, 5.74) is 12.7. The summed E-state index contributed by atoms with van der Waals surface area (Å²) < 4.78 is 13.9. The van der Waals surface area contributed by atoms with Gasteiger partial charge in [0.15, 0.2) is 0 Å². The average molecular weight is 333 g/mol. The van der Waals surface area contributed by atoms with Crippen LogP contribution in [0.4, 0.5) is 10.1 Å². The zero-order valence-electron chi connectivity index (χ0n) is 14.5. The van der Waals surface area contributed by atoms with E-state index in [0.717, 1.165) is 39.0 Å². The number of hydrogen-bond donors (Lipinski definition) is 1. The van der Waals surface area contributed by atoms with E-state index in [-0.39, 0.29) is 17.8 Å². The summed E-state index contributed by atoms with van der Waals surface area (Å²) in [5.74, 6) is -0.0543. The Kier molecular flexibility index (Phi) is 3.57. The lowest BCUT2D eigenvalue weighted by atomic mass is 9.82. The molecule has 0 amide bonds. The van der Waals surface area contributed by atoms with Crippen LogP contribution in [0.5, 0.6) is 0 Å². The first-order chi connectivity index (χ1) is 12.0. The minimum absolute atomic E-state index is 0.120. The number of fused-ring (bicyclic) bond motifs is 2. The Morgan fingerprint density at radius 3 is 2.72 bits per heavy atom. The Hall–Kier alpha value is -2.75. The van der Waals surface area contributed by atoms with Crippen LogP contribution >= 0.6 is 0 Å². The van der Waals surface area contributed by atoms with Gasteiger partial charge >= 0.3 is 0 Å². The number of anilines is 1. The maximum atomic E-state index is 13.9. The Morgan fingerprint density at radius 1 is 1.12 bits per heavy atom. The van der Waals surface area contributed by atoms with E-state index in [1.807, 2.05) is 25.1 Å². The fourth-order valence-corrected chi connectivity index (χ4v) is 3.55. The minimum atomic E-state index is -0.308. The van der Waals surface area contributed by atoms with E-state index in [2.05, 4.69) is 24.9 Å². The van der Waals surface area contributed by atoms with Crippen molar-refractivity contribution in [3.8, 4) is 0 Å². The van der Waals surface area contributed by atoms with Crippen molar-refractivity contribution in [2.24, 2.45) is 4.99 Å². The Labute approximate surface area is 146 Å². The van der Waals surface area contributed by atoms with E-state index in [1.54, 1.807) is 12.3 Å². The summed E-state index contributed by atoms with van der Waals surface area (Å²) >= 11 is 0. The zero-order chi connectivity index (χ0) is 17.7. The molecule has 126 valence electrons. The van der Waals surface area contributed by atoms with Crippen molar-refractivity contribution in [2.45, 2.75) is 32.7 Å². The van der Waals surface area contributed by atoms with Gasteiger partial charge in [0.1, 0.15) is 11.3 Å². The van der Waals surface area contributed by atoms with E-state index < -0.39 is 0 Å². The van der Waals surface area contributed by atoms with Crippen molar-refractivity contribution in [3.63, 3.8) is 0 Å². The normalized spacial score (nSPS) is 19.6. The molecule has 0 bridgehead atoms. The number of nitrogen functional groups attached to an aromatic ring is 1. The lowest BCUT2D eigenvalue weighted by Crippen LogP contribution is -2.24. The fourth-order valence-electron chi connectivity index (χ4n) is 3.55. The Bertz CT molecular complexity index is 1020. The SMILES string of the molecule is Cc1ccc2c(c1N)[C@H](C)[C@H](C)N=C2c1cnc2c(F)cccc2c1. The van der Waals surface area contributed by atoms with Gasteiger partial charge in [-0.1, -0.05) is 31.2 Å². The number of para-hydroxylation sites is 1. The molecule has 2 heterocycles. The predicted octanol–water partition coefficient (Wildman–Crippen LogP) is 4.61. The summed E-state index contributed by atoms with van der Waals surface area (Å²) in [6.07, 6.45) is 1.70. The van der Waals surface area contributed by atoms with Gasteiger partial charge in [0.05, 0.1) is 11.8 Å². The molecule has 25 heavy (non-hydrogen) atoms. The van der Waals surface area contributed by atoms with Crippen molar-refractivity contribution in [1.29, 1.82) is 0 Å². The van der Waals surface area contributed by atoms with Crippen molar-refractivity contribution in [1.82, 2.24) is 4.98 Å². The Balaban J connectivity index is 1.94. The van der Waals surface area contributed by atoms with E-state index in [0.29, 0.717) is 5.52 Å². The van der Waals surface area contributed by atoms with Crippen LogP contribution in [0.3, 0.4) is 0 Å². The Morgan fingerprint density at radius 2 is 1.92 bits per heavy atom. The van der Waals surface area contributed by atoms with Gasteiger partial charge in [-0.3, -0.25) is 9.98 Å². The monoisotopic (exact) mass is 333 g/mol. The zero-order valence-corrected chi connectivity index (χ0v) is 14.5. The molecule has 1 aliphatic rings. The van der Waals surface area contributed by atoms with Crippen LogP contribution in [0, 0.1) is 12.7 Å². The van der Waals surface area contributed by atoms with Gasteiger partial charge in [0.2, 0.25) is 0 Å². The molecule has 0 radical (unpaired) electrons. The third-order valence-corrected chi connectivity index (χ3v) is 5.21. The number of aryl methyl sites for hydroxylation is 1. The lowest BCUT2D eigenvalue weighted by molar-refractivity contribution is 0.607. The summed E-state index contributed by atoms with van der Waals surface area (Å²) in [5, 5.41) is 0.771. The van der Waals surface area contributed by atoms with Crippen molar-refractivity contribution >= 4 is 22.3 Å². The van der Waals surface area contributed by atoms with Crippen LogP contribution < -0.4 is 5.73 Å². The number of nitrogens with two attached hydrogens (primary N) is 1. The number of pyridine rings is 1. The number of benzene rings is 2. The molecule has 0 saturated heterocycles. The van der Waals surface area contributed by atoms with Crippen LogP contribution in [-0.4, -0.2) is 16.7 Å². The number of hydrogen-bond acceptors (Lipinski definition) is 3. The smallest absolute Gasteiger partial charge is 0.149 e. The second kappa shape index (κ2) is 5.66. The van der Waals surface area contributed by atoms with E-state index >= 15 is 0 Å². The molecular formula is C21H20FN3. The topological polar surface area (TPSA) is 51.3 Å². The predicted molar refractivity (Wildman–Crippen MR) is 101 cm³/mol. The van der Waals surface area contributed by atoms with Crippen LogP contribution in [0.1, 0.15) is 42.0 Å². The molecule has 1 aromatic heterocycles. The molecular weight excluding hydrogens is 313 g/mol. The molecule has 3 nitrogen and oxygen atoms in total. The molecule has 1 aliphatic heterocycles. The maximum Gasteiger partial charge on any atom is 0.149 e. The molecule has 0 aliphatic carbocycles. The second-order valence-electron chi connectivity index (χ2n) is 6.80. The molecule has 2 N–H and O–H groups in total. The highest BCUT2D eigenvalue weighted by atomic mass is 19.1. The first-order valence-corrected chi connectivity index (χ1v) is 8.49. The molecule has 0 spiro atoms. The average Bonchev–Trinajstić information content (AvgIpc) is 2.60. The lowest BCUT2D eigenvalue weighted by Gasteiger charge is -2.29. The molecule has 0 unspecified atom stereocenters. The van der Waals surface area contributed by atoms with Crippen molar-refractivity contribution < 1.29 is 4.39 Å². The highest BCUT2D eigenvalue weighted by Gasteiger charge is 2.28. The van der Waals surface area contributed by atoms with Gasteiger partial charge in [-0.15, -0.1) is 0 Å². The highest BCUT2D eigenvalue weighted by Crippen LogP contribution is 2.37. The summed E-state index contributed by atoms with van der Waals surface area (Å²) in [6, 6.07) is 11.2. The standard InChI is InChI=1S/C21H20FN3/c1-11-7-8-16-18(19(11)23)12(2)13(3)25-20(16)15-9-14-5-4-6-17(22)21(14)24-10-15/h4-10,12-13H,23H2,1-3H3/t12-,13+/m1/s1. The van der Waals surface area contributed by atoms with E-state index in [1.165, 1.54) is 6.07 Å². The van der Waals surface area contributed by atoms with Crippen LogP contribution in [0.25, 0.3) is 10.9 Å². The minimum Gasteiger partial charge on any atom is -0.398 e. The maximum absolute atomic E-state index is 13.9. The third-order valence-electron chi connectivity index (χ3n) is 5.21. The summed E-state index contributed by atoms with van der Waals surface area (Å²) in [6.45, 7) is 6.29. The van der Waals surface area contributed by atoms with Gasteiger partial charge in [-0.05, 0) is 37.1 Å².